The number of benzene rings is 2. The number of rotatable bonds is 3. The van der Waals surface area contributed by atoms with Crippen molar-refractivity contribution >= 4 is 34.4 Å². The number of hydrogen-bond donors (Lipinski definition) is 0. The van der Waals surface area contributed by atoms with Gasteiger partial charge in [-0.05, 0) is 30.3 Å². The molecule has 17 heavy (non-hydrogen) atoms. The molecule has 0 saturated heterocycles. The first-order chi connectivity index (χ1) is 8.16. The molecule has 0 fully saturated rings. The van der Waals surface area contributed by atoms with Crippen molar-refractivity contribution in [3.63, 3.8) is 0 Å². The highest BCUT2D eigenvalue weighted by Gasteiger charge is 2.12. The third-order valence-electron chi connectivity index (χ3n) is 2.08. The third kappa shape index (κ3) is 3.32. The summed E-state index contributed by atoms with van der Waals surface area (Å²) in [4.78, 5) is 0. The molecule has 0 N–H and O–H groups in total. The lowest BCUT2D eigenvalue weighted by atomic mass is 10.3. The van der Waals surface area contributed by atoms with Gasteiger partial charge in [-0.15, -0.1) is 0 Å². The summed E-state index contributed by atoms with van der Waals surface area (Å²) in [5.74, 6) is 0.779. The van der Waals surface area contributed by atoms with Crippen molar-refractivity contribution in [3.8, 4) is 11.5 Å². The lowest BCUT2D eigenvalue weighted by Gasteiger charge is -2.08. The summed E-state index contributed by atoms with van der Waals surface area (Å²) >= 11 is 11.4. The minimum atomic E-state index is -1.52. The summed E-state index contributed by atoms with van der Waals surface area (Å²) in [5, 5.41) is 0.275. The van der Waals surface area contributed by atoms with E-state index < -0.39 is 12.4 Å². The van der Waals surface area contributed by atoms with E-state index in [0.29, 0.717) is 11.5 Å². The second-order valence-corrected chi connectivity index (χ2v) is 6.76. The van der Waals surface area contributed by atoms with Crippen molar-refractivity contribution in [2.24, 2.45) is 0 Å². The molecule has 0 radical (unpaired) electrons. The van der Waals surface area contributed by atoms with Crippen molar-refractivity contribution in [1.29, 1.82) is 0 Å². The third-order valence-corrected chi connectivity index (χ3v) is 3.88. The van der Waals surface area contributed by atoms with Gasteiger partial charge in [0.2, 0.25) is 0 Å². The Morgan fingerprint density at radius 1 is 0.941 bits per heavy atom. The van der Waals surface area contributed by atoms with Crippen LogP contribution in [0.15, 0.2) is 48.5 Å². The van der Waals surface area contributed by atoms with Crippen molar-refractivity contribution in [2.75, 3.05) is 0 Å². The zero-order valence-electron chi connectivity index (χ0n) is 8.61. The number of para-hydroxylation sites is 1. The number of ether oxygens (including phenoxy) is 1. The smallest absolute Gasteiger partial charge is 0.133 e. The fourth-order valence-electron chi connectivity index (χ4n) is 1.31. The highest BCUT2D eigenvalue weighted by Crippen LogP contribution is 2.46. The maximum absolute atomic E-state index is 13.4. The molecule has 5 heteroatoms. The molecule has 2 aromatic carbocycles. The van der Waals surface area contributed by atoms with Crippen LogP contribution in [-0.4, -0.2) is 0 Å². The van der Waals surface area contributed by atoms with E-state index in [1.807, 2.05) is 30.3 Å². The van der Waals surface area contributed by atoms with E-state index in [-0.39, 0.29) is 5.30 Å². The summed E-state index contributed by atoms with van der Waals surface area (Å²) in [5.41, 5.74) is 0. The fraction of sp³-hybridized carbons (Fsp3) is 0. The molecule has 0 saturated carbocycles. The second kappa shape index (κ2) is 5.68. The summed E-state index contributed by atoms with van der Waals surface area (Å²) in [6, 6.07) is 13.6. The van der Waals surface area contributed by atoms with Gasteiger partial charge in [-0.2, -0.15) is 0 Å². The average molecular weight is 289 g/mol. The molecule has 0 spiro atoms. The fourth-order valence-corrected chi connectivity index (χ4v) is 2.55. The predicted molar refractivity (Wildman–Crippen MR) is 71.2 cm³/mol. The molecule has 0 bridgehead atoms. The van der Waals surface area contributed by atoms with Gasteiger partial charge < -0.3 is 4.74 Å². The zero-order valence-corrected chi connectivity index (χ0v) is 11.0. The molecule has 0 aliphatic heterocycles. The summed E-state index contributed by atoms with van der Waals surface area (Å²) in [6.45, 7) is -1.52. The van der Waals surface area contributed by atoms with Crippen LogP contribution in [-0.2, 0) is 0 Å². The Morgan fingerprint density at radius 2 is 1.65 bits per heavy atom. The molecule has 0 aliphatic carbocycles. The van der Waals surface area contributed by atoms with E-state index in [9.17, 15) is 4.39 Å². The molecule has 0 unspecified atom stereocenters. The summed E-state index contributed by atoms with van der Waals surface area (Å²) in [6.07, 6.45) is 0. The van der Waals surface area contributed by atoms with E-state index in [2.05, 4.69) is 0 Å². The minimum absolute atomic E-state index is 0.275. The molecule has 0 aromatic heterocycles. The molecule has 2 aromatic rings. The predicted octanol–water partition coefficient (Wildman–Crippen LogP) is 5.03. The quantitative estimate of drug-likeness (QED) is 0.720. The molecular weight excluding hydrogens is 281 g/mol. The lowest BCUT2D eigenvalue weighted by molar-refractivity contribution is 0.481. The lowest BCUT2D eigenvalue weighted by Crippen LogP contribution is -2.02. The molecule has 2 rings (SSSR count). The van der Waals surface area contributed by atoms with Gasteiger partial charge in [0.15, 0.2) is 0 Å². The van der Waals surface area contributed by atoms with E-state index >= 15 is 0 Å². The average Bonchev–Trinajstić information content (AvgIpc) is 2.32. The normalized spacial score (nSPS) is 10.6. The van der Waals surface area contributed by atoms with Crippen molar-refractivity contribution in [3.05, 3.63) is 54.3 Å². The van der Waals surface area contributed by atoms with Crippen LogP contribution < -0.4 is 10.0 Å². The highest BCUT2D eigenvalue weighted by molar-refractivity contribution is 8.08. The van der Waals surface area contributed by atoms with Crippen LogP contribution in [0.2, 0.25) is 0 Å². The monoisotopic (exact) mass is 288 g/mol. The van der Waals surface area contributed by atoms with Crippen LogP contribution in [0, 0.1) is 5.82 Å². The molecule has 0 heterocycles. The SMILES string of the molecule is Fc1ccc(Oc2ccccc2)cc1P(Cl)Cl. The van der Waals surface area contributed by atoms with E-state index in [4.69, 9.17) is 27.2 Å². The topological polar surface area (TPSA) is 9.23 Å². The van der Waals surface area contributed by atoms with E-state index in [1.54, 1.807) is 6.07 Å². The van der Waals surface area contributed by atoms with Crippen LogP contribution in [0.25, 0.3) is 0 Å². The van der Waals surface area contributed by atoms with Gasteiger partial charge in [0.1, 0.15) is 23.9 Å². The molecule has 88 valence electrons. The van der Waals surface area contributed by atoms with E-state index in [1.165, 1.54) is 12.1 Å². The van der Waals surface area contributed by atoms with Gasteiger partial charge >= 0.3 is 0 Å². The van der Waals surface area contributed by atoms with Gasteiger partial charge in [-0.3, -0.25) is 0 Å². The van der Waals surface area contributed by atoms with Crippen LogP contribution >= 0.6 is 29.1 Å². The Morgan fingerprint density at radius 3 is 2.29 bits per heavy atom. The maximum atomic E-state index is 13.4. The van der Waals surface area contributed by atoms with Gasteiger partial charge in [0, 0.05) is 5.30 Å². The van der Waals surface area contributed by atoms with Crippen LogP contribution in [0.1, 0.15) is 0 Å². The van der Waals surface area contributed by atoms with Crippen molar-refractivity contribution in [1.82, 2.24) is 0 Å². The molecular formula is C12H8Cl2FOP. The van der Waals surface area contributed by atoms with Gasteiger partial charge in [0.25, 0.3) is 0 Å². The Labute approximate surface area is 109 Å². The zero-order chi connectivity index (χ0) is 12.3. The Balaban J connectivity index is 2.26. The Bertz CT molecular complexity index is 505. The van der Waals surface area contributed by atoms with Crippen molar-refractivity contribution < 1.29 is 9.13 Å². The molecule has 1 nitrogen and oxygen atoms in total. The largest absolute Gasteiger partial charge is 0.457 e. The first-order valence-electron chi connectivity index (χ1n) is 4.81. The van der Waals surface area contributed by atoms with Crippen LogP contribution in [0.5, 0.6) is 11.5 Å². The van der Waals surface area contributed by atoms with Gasteiger partial charge in [-0.25, -0.2) is 4.39 Å². The van der Waals surface area contributed by atoms with Crippen LogP contribution in [0.3, 0.4) is 0 Å². The first kappa shape index (κ1) is 12.6. The highest BCUT2D eigenvalue weighted by atomic mass is 35.9. The number of halogens is 3. The minimum Gasteiger partial charge on any atom is -0.457 e. The maximum Gasteiger partial charge on any atom is 0.133 e. The first-order valence-corrected chi connectivity index (χ1v) is 7.96. The molecule has 0 aliphatic rings. The van der Waals surface area contributed by atoms with Crippen LogP contribution in [0.4, 0.5) is 4.39 Å². The summed E-state index contributed by atoms with van der Waals surface area (Å²) < 4.78 is 18.9. The Kier molecular flexibility index (Phi) is 4.22. The molecule has 0 atom stereocenters. The standard InChI is InChI=1S/C12H8Cl2FOP/c13-17(14)12-8-10(6-7-11(12)15)16-9-4-2-1-3-5-9/h1-8H. The Hall–Kier alpha value is -0.820. The van der Waals surface area contributed by atoms with Gasteiger partial charge in [0.05, 0.1) is 0 Å². The second-order valence-electron chi connectivity index (χ2n) is 3.26. The van der Waals surface area contributed by atoms with Crippen molar-refractivity contribution in [2.45, 2.75) is 0 Å². The summed E-state index contributed by atoms with van der Waals surface area (Å²) in [7, 11) is 0. The molecule has 0 amide bonds. The number of hydrogen-bond acceptors (Lipinski definition) is 1. The van der Waals surface area contributed by atoms with E-state index in [0.717, 1.165) is 0 Å². The van der Waals surface area contributed by atoms with Gasteiger partial charge in [-0.1, -0.05) is 40.7 Å².